The lowest BCUT2D eigenvalue weighted by Gasteiger charge is -2.33. The topological polar surface area (TPSA) is 24.9 Å². The number of rotatable bonds is 1. The smallest absolute Gasteiger partial charge is 0.0739 e. The fourth-order valence-electron chi connectivity index (χ4n) is 4.85. The molecule has 1 aromatic heterocycles. The number of pyridine rings is 1. The molecule has 1 aromatic rings. The van der Waals surface area contributed by atoms with Crippen LogP contribution in [0.1, 0.15) is 64.1 Å². The maximum atomic E-state index is 6.86. The van der Waals surface area contributed by atoms with Crippen LogP contribution in [0.3, 0.4) is 0 Å². The summed E-state index contributed by atoms with van der Waals surface area (Å²) in [4.78, 5) is 4.64. The minimum Gasteiger partial charge on any atom is -0.311 e. The number of aromatic nitrogens is 1. The third-order valence-corrected chi connectivity index (χ3v) is 6.67. The maximum absolute atomic E-state index is 6.86. The summed E-state index contributed by atoms with van der Waals surface area (Å²) in [6, 6.07) is 5.35. The highest BCUT2D eigenvalue weighted by molar-refractivity contribution is 6.25. The zero-order valence-electron chi connectivity index (χ0n) is 16.1. The number of fused-ring (bicyclic) bond motifs is 1. The van der Waals surface area contributed by atoms with Crippen molar-refractivity contribution >= 4 is 17.2 Å². The Hall–Kier alpha value is -1.38. The van der Waals surface area contributed by atoms with E-state index in [0.29, 0.717) is 12.1 Å². The molecule has 1 fully saturated rings. The molecule has 3 unspecified atom stereocenters. The Bertz CT molecular complexity index is 792. The highest BCUT2D eigenvalue weighted by Crippen LogP contribution is 2.45. The molecule has 26 heavy (non-hydrogen) atoms. The highest BCUT2D eigenvalue weighted by Gasteiger charge is 2.33. The maximum Gasteiger partial charge on any atom is 0.0739 e. The first-order valence-electron chi connectivity index (χ1n) is 10.0. The first-order chi connectivity index (χ1) is 12.5. The number of hydrogen-bond donors (Lipinski definition) is 1. The monoisotopic (exact) mass is 368 g/mol. The van der Waals surface area contributed by atoms with Gasteiger partial charge in [-0.05, 0) is 69.6 Å². The number of alkyl halides is 1. The van der Waals surface area contributed by atoms with E-state index < -0.39 is 0 Å². The Balaban J connectivity index is 1.89. The zero-order valence-corrected chi connectivity index (χ0v) is 16.9. The van der Waals surface area contributed by atoms with Crippen molar-refractivity contribution in [2.24, 2.45) is 0 Å². The van der Waals surface area contributed by atoms with Gasteiger partial charge >= 0.3 is 0 Å². The van der Waals surface area contributed by atoms with E-state index in [1.165, 1.54) is 28.0 Å². The Morgan fingerprint density at radius 1 is 1.19 bits per heavy atom. The summed E-state index contributed by atoms with van der Waals surface area (Å²) in [6.45, 7) is 6.77. The number of hydrogen-bond acceptors (Lipinski definition) is 2. The van der Waals surface area contributed by atoms with E-state index in [1.807, 2.05) is 6.20 Å². The summed E-state index contributed by atoms with van der Waals surface area (Å²) in [5.74, 6) is 0. The number of aryl methyl sites for hydroxylation is 1. The Morgan fingerprint density at radius 3 is 2.69 bits per heavy atom. The second kappa shape index (κ2) is 6.98. The minimum atomic E-state index is -0.215. The van der Waals surface area contributed by atoms with E-state index >= 15 is 0 Å². The van der Waals surface area contributed by atoms with Gasteiger partial charge in [0.1, 0.15) is 0 Å². The fraction of sp³-hybridized carbons (Fsp3) is 0.522. The predicted octanol–water partition coefficient (Wildman–Crippen LogP) is 5.59. The van der Waals surface area contributed by atoms with Gasteiger partial charge < -0.3 is 5.32 Å². The summed E-state index contributed by atoms with van der Waals surface area (Å²) in [5, 5.41) is 3.67. The van der Waals surface area contributed by atoms with Crippen molar-refractivity contribution in [3.8, 4) is 0 Å². The van der Waals surface area contributed by atoms with Crippen molar-refractivity contribution in [2.75, 3.05) is 0 Å². The average molecular weight is 369 g/mol. The lowest BCUT2D eigenvalue weighted by atomic mass is 9.80. The highest BCUT2D eigenvalue weighted by atomic mass is 35.5. The Kier molecular flexibility index (Phi) is 4.83. The van der Waals surface area contributed by atoms with Gasteiger partial charge in [0.15, 0.2) is 0 Å². The molecule has 2 nitrogen and oxygen atoms in total. The predicted molar refractivity (Wildman–Crippen MR) is 110 cm³/mol. The number of nitrogens with zero attached hydrogens (tertiary/aromatic N) is 1. The van der Waals surface area contributed by atoms with Crippen LogP contribution in [0.5, 0.6) is 0 Å². The van der Waals surface area contributed by atoms with Crippen LogP contribution in [0.4, 0.5) is 0 Å². The Morgan fingerprint density at radius 2 is 1.96 bits per heavy atom. The van der Waals surface area contributed by atoms with Gasteiger partial charge in [0.05, 0.1) is 10.6 Å². The summed E-state index contributed by atoms with van der Waals surface area (Å²) < 4.78 is 0. The van der Waals surface area contributed by atoms with Gasteiger partial charge in [-0.25, -0.2) is 0 Å². The normalized spacial score (nSPS) is 31.5. The largest absolute Gasteiger partial charge is 0.311 e. The Labute approximate surface area is 162 Å². The molecule has 0 radical (unpaired) electrons. The molecular weight excluding hydrogens is 340 g/mol. The molecule has 138 valence electrons. The van der Waals surface area contributed by atoms with Gasteiger partial charge in [-0.3, -0.25) is 4.98 Å². The van der Waals surface area contributed by atoms with E-state index in [2.05, 4.69) is 50.4 Å². The quantitative estimate of drug-likeness (QED) is 0.654. The van der Waals surface area contributed by atoms with E-state index in [9.17, 15) is 0 Å². The molecule has 1 N–H and O–H groups in total. The molecule has 0 saturated carbocycles. The van der Waals surface area contributed by atoms with Gasteiger partial charge in [-0.15, -0.1) is 11.6 Å². The average Bonchev–Trinajstić information content (AvgIpc) is 2.77. The molecule has 2 aliphatic carbocycles. The van der Waals surface area contributed by atoms with Crippen molar-refractivity contribution in [1.82, 2.24) is 10.3 Å². The standard InChI is InChI=1S/C23H29ClN2/c1-4-23(24)10-9-20-18(14-23)8-7-17-6-5-11-25-22(17)21(20)19-12-15(2)26-16(3)13-19/h5-6,9-11,15-16,26H,4,7-8,12-14H2,1-3H3. The lowest BCUT2D eigenvalue weighted by molar-refractivity contribution is 0.412. The molecule has 3 atom stereocenters. The van der Waals surface area contributed by atoms with Gasteiger partial charge in [0, 0.05) is 23.9 Å². The van der Waals surface area contributed by atoms with E-state index in [1.54, 1.807) is 5.57 Å². The molecule has 1 aliphatic heterocycles. The minimum absolute atomic E-state index is 0.215. The van der Waals surface area contributed by atoms with Gasteiger partial charge in [-0.2, -0.15) is 0 Å². The van der Waals surface area contributed by atoms with Crippen molar-refractivity contribution in [1.29, 1.82) is 0 Å². The molecule has 1 saturated heterocycles. The van der Waals surface area contributed by atoms with Crippen LogP contribution in [0.2, 0.25) is 0 Å². The summed E-state index contributed by atoms with van der Waals surface area (Å²) in [6.07, 6.45) is 12.8. The molecule has 3 aliphatic rings. The molecule has 0 bridgehead atoms. The molecule has 0 spiro atoms. The van der Waals surface area contributed by atoms with Gasteiger partial charge in [0.2, 0.25) is 0 Å². The van der Waals surface area contributed by atoms with Crippen molar-refractivity contribution in [3.05, 3.63) is 58.5 Å². The SMILES string of the molecule is CCC1(Cl)C=CC2=C(CCc3cccnc3C2=C2CC(C)NC(C)C2)C1. The lowest BCUT2D eigenvalue weighted by Crippen LogP contribution is -2.39. The summed E-state index contributed by atoms with van der Waals surface area (Å²) in [5.41, 5.74) is 8.47. The summed E-state index contributed by atoms with van der Waals surface area (Å²) in [7, 11) is 0. The number of nitrogens with one attached hydrogen (secondary N) is 1. The van der Waals surface area contributed by atoms with Crippen LogP contribution in [-0.2, 0) is 6.42 Å². The van der Waals surface area contributed by atoms with Gasteiger partial charge in [-0.1, -0.05) is 36.3 Å². The zero-order chi connectivity index (χ0) is 18.3. The van der Waals surface area contributed by atoms with Crippen LogP contribution in [-0.4, -0.2) is 21.9 Å². The van der Waals surface area contributed by atoms with Crippen LogP contribution in [0.15, 0.2) is 47.2 Å². The van der Waals surface area contributed by atoms with Gasteiger partial charge in [0.25, 0.3) is 0 Å². The second-order valence-electron chi connectivity index (χ2n) is 8.28. The summed E-state index contributed by atoms with van der Waals surface area (Å²) >= 11 is 6.86. The number of halogens is 1. The second-order valence-corrected chi connectivity index (χ2v) is 9.03. The molecule has 4 rings (SSSR count). The van der Waals surface area contributed by atoms with Crippen LogP contribution in [0.25, 0.3) is 5.57 Å². The van der Waals surface area contributed by atoms with Crippen molar-refractivity contribution < 1.29 is 0 Å². The number of piperidine rings is 1. The third kappa shape index (κ3) is 3.30. The molecule has 2 heterocycles. The molecule has 0 amide bonds. The first kappa shape index (κ1) is 18.0. The van der Waals surface area contributed by atoms with Crippen molar-refractivity contribution in [2.45, 2.75) is 76.3 Å². The fourth-order valence-corrected chi connectivity index (χ4v) is 5.08. The number of allylic oxidation sites excluding steroid dienone is 5. The van der Waals surface area contributed by atoms with Crippen LogP contribution >= 0.6 is 11.6 Å². The van der Waals surface area contributed by atoms with E-state index in [0.717, 1.165) is 38.5 Å². The van der Waals surface area contributed by atoms with Crippen LogP contribution < -0.4 is 5.32 Å². The third-order valence-electron chi connectivity index (χ3n) is 6.15. The van der Waals surface area contributed by atoms with E-state index in [4.69, 9.17) is 16.6 Å². The van der Waals surface area contributed by atoms with Crippen LogP contribution in [0, 0.1) is 0 Å². The van der Waals surface area contributed by atoms with E-state index in [-0.39, 0.29) is 4.87 Å². The molecule has 0 aromatic carbocycles. The van der Waals surface area contributed by atoms with Crippen molar-refractivity contribution in [3.63, 3.8) is 0 Å². The molecule has 3 heteroatoms. The molecular formula is C23H29ClN2. The first-order valence-corrected chi connectivity index (χ1v) is 10.4.